The SMILES string of the molecule is C[C@@H]1OC([C@@H]2C3C=CC(C3)C2c2ccccc2)O[C@@H]1C. The zero-order valence-corrected chi connectivity index (χ0v) is 12.1. The van der Waals surface area contributed by atoms with Crippen molar-refractivity contribution in [3.05, 3.63) is 48.0 Å². The smallest absolute Gasteiger partial charge is 0.162 e. The van der Waals surface area contributed by atoms with Gasteiger partial charge in [0.1, 0.15) is 0 Å². The maximum absolute atomic E-state index is 6.11. The molecule has 0 aromatic heterocycles. The predicted molar refractivity (Wildman–Crippen MR) is 78.3 cm³/mol. The van der Waals surface area contributed by atoms with Gasteiger partial charge in [-0.25, -0.2) is 0 Å². The number of allylic oxidation sites excluding steroid dienone is 2. The van der Waals surface area contributed by atoms with Crippen molar-refractivity contribution in [1.29, 1.82) is 0 Å². The molecule has 0 amide bonds. The molecule has 1 heterocycles. The number of hydrogen-bond acceptors (Lipinski definition) is 2. The lowest BCUT2D eigenvalue weighted by Crippen LogP contribution is -2.31. The molecule has 106 valence electrons. The first-order valence-electron chi connectivity index (χ1n) is 7.78. The molecule has 1 saturated carbocycles. The first kappa shape index (κ1) is 12.6. The maximum atomic E-state index is 6.11. The molecule has 0 spiro atoms. The summed E-state index contributed by atoms with van der Waals surface area (Å²) in [7, 11) is 0. The second-order valence-corrected chi connectivity index (χ2v) is 6.51. The van der Waals surface area contributed by atoms with Crippen LogP contribution in [-0.4, -0.2) is 18.5 Å². The minimum atomic E-state index is -0.0369. The summed E-state index contributed by atoms with van der Waals surface area (Å²) < 4.78 is 12.2. The van der Waals surface area contributed by atoms with Crippen molar-refractivity contribution < 1.29 is 9.47 Å². The Balaban J connectivity index is 1.65. The van der Waals surface area contributed by atoms with Crippen LogP contribution >= 0.6 is 0 Å². The number of hydrogen-bond donors (Lipinski definition) is 0. The summed E-state index contributed by atoms with van der Waals surface area (Å²) in [4.78, 5) is 0. The van der Waals surface area contributed by atoms with Crippen LogP contribution in [0.1, 0.15) is 31.7 Å². The van der Waals surface area contributed by atoms with Crippen molar-refractivity contribution in [2.24, 2.45) is 17.8 Å². The molecule has 2 aliphatic carbocycles. The monoisotopic (exact) mass is 270 g/mol. The Labute approximate surface area is 120 Å². The van der Waals surface area contributed by atoms with Crippen molar-refractivity contribution in [3.8, 4) is 0 Å². The van der Waals surface area contributed by atoms with Crippen LogP contribution in [0.15, 0.2) is 42.5 Å². The van der Waals surface area contributed by atoms with Crippen LogP contribution < -0.4 is 0 Å². The van der Waals surface area contributed by atoms with Gasteiger partial charge in [0.15, 0.2) is 6.29 Å². The predicted octanol–water partition coefficient (Wildman–Crippen LogP) is 3.74. The summed E-state index contributed by atoms with van der Waals surface area (Å²) in [6, 6.07) is 10.9. The first-order valence-corrected chi connectivity index (χ1v) is 7.78. The van der Waals surface area contributed by atoms with Crippen LogP contribution in [0.4, 0.5) is 0 Å². The average molecular weight is 270 g/mol. The quantitative estimate of drug-likeness (QED) is 0.762. The van der Waals surface area contributed by atoms with E-state index >= 15 is 0 Å². The Kier molecular flexibility index (Phi) is 2.97. The number of fused-ring (bicyclic) bond motifs is 2. The summed E-state index contributed by atoms with van der Waals surface area (Å²) in [5.41, 5.74) is 1.44. The Morgan fingerprint density at radius 3 is 2.25 bits per heavy atom. The summed E-state index contributed by atoms with van der Waals surface area (Å²) in [5, 5.41) is 0. The van der Waals surface area contributed by atoms with E-state index in [2.05, 4.69) is 56.3 Å². The summed E-state index contributed by atoms with van der Waals surface area (Å²) in [6.07, 6.45) is 6.43. The number of ether oxygens (including phenoxy) is 2. The van der Waals surface area contributed by atoms with Crippen LogP contribution in [0.5, 0.6) is 0 Å². The molecule has 7 atom stereocenters. The highest BCUT2D eigenvalue weighted by Crippen LogP contribution is 2.55. The van der Waals surface area contributed by atoms with Gasteiger partial charge in [0.05, 0.1) is 12.2 Å². The van der Waals surface area contributed by atoms with E-state index in [4.69, 9.17) is 9.47 Å². The highest BCUT2D eigenvalue weighted by Gasteiger charge is 2.51. The van der Waals surface area contributed by atoms with Gasteiger partial charge in [-0.1, -0.05) is 42.5 Å². The third-order valence-corrected chi connectivity index (χ3v) is 5.38. The van der Waals surface area contributed by atoms with Gasteiger partial charge in [-0.2, -0.15) is 0 Å². The second kappa shape index (κ2) is 4.71. The Morgan fingerprint density at radius 2 is 1.55 bits per heavy atom. The van der Waals surface area contributed by atoms with E-state index in [0.29, 0.717) is 23.7 Å². The van der Waals surface area contributed by atoms with Crippen molar-refractivity contribution in [2.45, 2.75) is 44.7 Å². The van der Waals surface area contributed by atoms with Crippen LogP contribution in [0.2, 0.25) is 0 Å². The third-order valence-electron chi connectivity index (χ3n) is 5.38. The van der Waals surface area contributed by atoms with E-state index in [1.54, 1.807) is 0 Å². The summed E-state index contributed by atoms with van der Waals surface area (Å²) >= 11 is 0. The van der Waals surface area contributed by atoms with Gasteiger partial charge in [0.25, 0.3) is 0 Å². The molecule has 1 aromatic carbocycles. The Bertz CT molecular complexity index is 499. The minimum Gasteiger partial charge on any atom is -0.347 e. The van der Waals surface area contributed by atoms with Crippen LogP contribution in [-0.2, 0) is 9.47 Å². The molecule has 4 unspecified atom stereocenters. The molecule has 2 bridgehead atoms. The van der Waals surface area contributed by atoms with E-state index in [-0.39, 0.29) is 18.5 Å². The summed E-state index contributed by atoms with van der Waals surface area (Å²) in [5.74, 6) is 2.30. The zero-order valence-electron chi connectivity index (χ0n) is 12.1. The molecule has 1 aromatic rings. The van der Waals surface area contributed by atoms with Gasteiger partial charge in [-0.15, -0.1) is 0 Å². The van der Waals surface area contributed by atoms with Crippen molar-refractivity contribution in [1.82, 2.24) is 0 Å². The van der Waals surface area contributed by atoms with Gasteiger partial charge in [0, 0.05) is 5.92 Å². The molecule has 20 heavy (non-hydrogen) atoms. The lowest BCUT2D eigenvalue weighted by Gasteiger charge is -2.32. The van der Waals surface area contributed by atoms with Crippen molar-refractivity contribution in [3.63, 3.8) is 0 Å². The number of benzene rings is 1. The second-order valence-electron chi connectivity index (χ2n) is 6.51. The fourth-order valence-corrected chi connectivity index (χ4v) is 4.23. The number of rotatable bonds is 2. The summed E-state index contributed by atoms with van der Waals surface area (Å²) in [6.45, 7) is 4.23. The van der Waals surface area contributed by atoms with E-state index in [0.717, 1.165) is 0 Å². The standard InChI is InChI=1S/C18H22O2/c1-11-12(2)20-18(19-11)17-15-9-8-14(10-15)16(17)13-6-4-3-5-7-13/h3-9,11-12,14-18H,10H2,1-2H3/t11-,12+,14?,15?,16?,17-,18?/m1/s1. The van der Waals surface area contributed by atoms with E-state index in [1.807, 2.05) is 0 Å². The van der Waals surface area contributed by atoms with Gasteiger partial charge >= 0.3 is 0 Å². The van der Waals surface area contributed by atoms with Gasteiger partial charge in [-0.05, 0) is 43.6 Å². The topological polar surface area (TPSA) is 18.5 Å². The van der Waals surface area contributed by atoms with Gasteiger partial charge < -0.3 is 9.47 Å². The van der Waals surface area contributed by atoms with Crippen LogP contribution in [0.3, 0.4) is 0 Å². The van der Waals surface area contributed by atoms with Gasteiger partial charge in [0.2, 0.25) is 0 Å². The third kappa shape index (κ3) is 1.86. The van der Waals surface area contributed by atoms with Crippen LogP contribution in [0.25, 0.3) is 0 Å². The van der Waals surface area contributed by atoms with Gasteiger partial charge in [-0.3, -0.25) is 0 Å². The Hall–Kier alpha value is -1.12. The largest absolute Gasteiger partial charge is 0.347 e. The van der Waals surface area contributed by atoms with E-state index in [9.17, 15) is 0 Å². The molecule has 0 radical (unpaired) electrons. The fourth-order valence-electron chi connectivity index (χ4n) is 4.23. The zero-order chi connectivity index (χ0) is 13.7. The van der Waals surface area contributed by atoms with Crippen molar-refractivity contribution in [2.75, 3.05) is 0 Å². The molecular weight excluding hydrogens is 248 g/mol. The molecule has 0 N–H and O–H groups in total. The van der Waals surface area contributed by atoms with Crippen molar-refractivity contribution >= 4 is 0 Å². The minimum absolute atomic E-state index is 0.0369. The average Bonchev–Trinajstić information content (AvgIpc) is 3.15. The Morgan fingerprint density at radius 1 is 0.900 bits per heavy atom. The highest BCUT2D eigenvalue weighted by atomic mass is 16.7. The molecule has 3 aliphatic rings. The molecule has 1 aliphatic heterocycles. The normalized spacial score (nSPS) is 46.2. The lowest BCUT2D eigenvalue weighted by molar-refractivity contribution is -0.112. The molecule has 2 heteroatoms. The fraction of sp³-hybridized carbons (Fsp3) is 0.556. The molecule has 2 nitrogen and oxygen atoms in total. The molecule has 4 rings (SSSR count). The molecule has 2 fully saturated rings. The van der Waals surface area contributed by atoms with Crippen LogP contribution in [0, 0.1) is 17.8 Å². The first-order chi connectivity index (χ1) is 9.74. The molecular formula is C18H22O2. The highest BCUT2D eigenvalue weighted by molar-refractivity contribution is 5.29. The maximum Gasteiger partial charge on any atom is 0.162 e. The molecule has 1 saturated heterocycles. The van der Waals surface area contributed by atoms with E-state index in [1.165, 1.54) is 12.0 Å². The van der Waals surface area contributed by atoms with E-state index < -0.39 is 0 Å². The lowest BCUT2D eigenvalue weighted by atomic mass is 9.78.